The summed E-state index contributed by atoms with van der Waals surface area (Å²) >= 11 is 3.33. The summed E-state index contributed by atoms with van der Waals surface area (Å²) in [6.07, 6.45) is 0. The van der Waals surface area contributed by atoms with E-state index in [-0.39, 0.29) is 32.1 Å². The fourth-order valence-electron chi connectivity index (χ4n) is 2.94. The van der Waals surface area contributed by atoms with Crippen molar-refractivity contribution in [1.29, 1.82) is 0 Å². The molecule has 0 unspecified atom stereocenters. The monoisotopic (exact) mass is 474 g/mol. The topological polar surface area (TPSA) is 66.9 Å². The van der Waals surface area contributed by atoms with E-state index in [1.807, 2.05) is 0 Å². The van der Waals surface area contributed by atoms with Gasteiger partial charge in [-0.15, -0.1) is 0 Å². The first-order valence-corrected chi connectivity index (χ1v) is 10.6. The van der Waals surface area contributed by atoms with Crippen molar-refractivity contribution >= 4 is 31.9 Å². The lowest BCUT2D eigenvalue weighted by Gasteiger charge is -2.34. The number of methoxy groups -OCH3 is 1. The van der Waals surface area contributed by atoms with Gasteiger partial charge in [0, 0.05) is 37.8 Å². The van der Waals surface area contributed by atoms with Gasteiger partial charge in [0.1, 0.15) is 22.3 Å². The highest BCUT2D eigenvalue weighted by atomic mass is 79.9. The first kappa shape index (κ1) is 20.7. The Balaban J connectivity index is 1.71. The first-order chi connectivity index (χ1) is 13.2. The van der Waals surface area contributed by atoms with Crippen LogP contribution in [0.1, 0.15) is 10.4 Å². The van der Waals surface area contributed by atoms with Gasteiger partial charge in [0.15, 0.2) is 0 Å². The van der Waals surface area contributed by atoms with E-state index in [2.05, 4.69) is 15.9 Å². The number of rotatable bonds is 4. The van der Waals surface area contributed by atoms with Crippen molar-refractivity contribution < 1.29 is 26.7 Å². The number of piperazine rings is 1. The van der Waals surface area contributed by atoms with Crippen LogP contribution in [0.2, 0.25) is 0 Å². The number of hydrogen-bond acceptors (Lipinski definition) is 4. The van der Waals surface area contributed by atoms with Crippen LogP contribution in [0.3, 0.4) is 0 Å². The fraction of sp³-hybridized carbons (Fsp3) is 0.278. The predicted octanol–water partition coefficient (Wildman–Crippen LogP) is 2.88. The number of amides is 1. The molecule has 0 aliphatic carbocycles. The summed E-state index contributed by atoms with van der Waals surface area (Å²) in [7, 11) is -2.59. The van der Waals surface area contributed by atoms with Crippen molar-refractivity contribution in [3.8, 4) is 5.75 Å². The summed E-state index contributed by atoms with van der Waals surface area (Å²) in [4.78, 5) is 13.6. The van der Waals surface area contributed by atoms with Gasteiger partial charge in [0.05, 0.1) is 11.6 Å². The van der Waals surface area contributed by atoms with Gasteiger partial charge in [-0.3, -0.25) is 4.79 Å². The van der Waals surface area contributed by atoms with Gasteiger partial charge >= 0.3 is 0 Å². The molecule has 1 heterocycles. The normalized spacial score (nSPS) is 15.5. The van der Waals surface area contributed by atoms with Gasteiger partial charge in [-0.2, -0.15) is 4.31 Å². The maximum absolute atomic E-state index is 13.9. The number of carbonyl (C=O) groups excluding carboxylic acids is 1. The van der Waals surface area contributed by atoms with E-state index in [1.165, 1.54) is 12.0 Å². The maximum atomic E-state index is 13.9. The van der Waals surface area contributed by atoms with Gasteiger partial charge in [-0.05, 0) is 46.3 Å². The molecule has 28 heavy (non-hydrogen) atoms. The molecule has 0 radical (unpaired) electrons. The fourth-order valence-corrected chi connectivity index (χ4v) is 4.95. The van der Waals surface area contributed by atoms with Crippen molar-refractivity contribution in [3.63, 3.8) is 0 Å². The number of ether oxygens (including phenoxy) is 1. The molecule has 0 aromatic heterocycles. The minimum atomic E-state index is -4.11. The van der Waals surface area contributed by atoms with Gasteiger partial charge in [0.2, 0.25) is 10.0 Å². The van der Waals surface area contributed by atoms with E-state index in [1.54, 1.807) is 18.2 Å². The zero-order valence-electron chi connectivity index (χ0n) is 14.9. The third-order valence-corrected chi connectivity index (χ3v) is 6.99. The summed E-state index contributed by atoms with van der Waals surface area (Å²) in [5, 5.41) is 0. The van der Waals surface area contributed by atoms with E-state index in [4.69, 9.17) is 4.74 Å². The number of nitrogens with zero attached hydrogens (tertiary/aromatic N) is 2. The molecule has 1 aliphatic heterocycles. The second kappa shape index (κ2) is 8.14. The molecule has 150 valence electrons. The molecule has 3 rings (SSSR count). The van der Waals surface area contributed by atoms with Crippen molar-refractivity contribution in [1.82, 2.24) is 9.21 Å². The first-order valence-electron chi connectivity index (χ1n) is 8.32. The molecule has 1 fully saturated rings. The summed E-state index contributed by atoms with van der Waals surface area (Å²) < 4.78 is 59.1. The van der Waals surface area contributed by atoms with Crippen LogP contribution in [-0.2, 0) is 10.0 Å². The van der Waals surface area contributed by atoms with Crippen LogP contribution in [0.25, 0.3) is 0 Å². The second-order valence-corrected chi connectivity index (χ2v) is 8.88. The summed E-state index contributed by atoms with van der Waals surface area (Å²) in [6.45, 7) is 0.347. The highest BCUT2D eigenvalue weighted by Gasteiger charge is 2.32. The Morgan fingerprint density at radius 2 is 1.75 bits per heavy atom. The Morgan fingerprint density at radius 3 is 2.32 bits per heavy atom. The maximum Gasteiger partial charge on any atom is 0.253 e. The van der Waals surface area contributed by atoms with E-state index >= 15 is 0 Å². The highest BCUT2D eigenvalue weighted by Crippen LogP contribution is 2.27. The van der Waals surface area contributed by atoms with Gasteiger partial charge < -0.3 is 9.64 Å². The molecule has 0 N–H and O–H groups in total. The number of benzene rings is 2. The highest BCUT2D eigenvalue weighted by molar-refractivity contribution is 9.10. The Morgan fingerprint density at radius 1 is 1.07 bits per heavy atom. The van der Waals surface area contributed by atoms with Crippen molar-refractivity contribution in [2.24, 2.45) is 0 Å². The quantitative estimate of drug-likeness (QED) is 0.683. The molecule has 0 atom stereocenters. The van der Waals surface area contributed by atoms with E-state index in [0.29, 0.717) is 21.9 Å². The van der Waals surface area contributed by atoms with Crippen molar-refractivity contribution in [2.45, 2.75) is 4.90 Å². The van der Waals surface area contributed by atoms with Gasteiger partial charge in [0.25, 0.3) is 5.91 Å². The van der Waals surface area contributed by atoms with Crippen LogP contribution < -0.4 is 4.74 Å². The molecule has 1 saturated heterocycles. The predicted molar refractivity (Wildman–Crippen MR) is 102 cm³/mol. The van der Waals surface area contributed by atoms with Crippen molar-refractivity contribution in [3.05, 3.63) is 58.1 Å². The van der Waals surface area contributed by atoms with Crippen LogP contribution in [0.4, 0.5) is 8.78 Å². The summed E-state index contributed by atoms with van der Waals surface area (Å²) in [5.74, 6) is -1.64. The smallest absolute Gasteiger partial charge is 0.253 e. The number of hydrogen-bond donors (Lipinski definition) is 0. The third kappa shape index (κ3) is 4.03. The lowest BCUT2D eigenvalue weighted by Crippen LogP contribution is -2.50. The van der Waals surface area contributed by atoms with Crippen molar-refractivity contribution in [2.75, 3.05) is 33.3 Å². The number of carbonyl (C=O) groups is 1. The lowest BCUT2D eigenvalue weighted by atomic mass is 10.2. The molecule has 1 aliphatic rings. The molecule has 6 nitrogen and oxygen atoms in total. The lowest BCUT2D eigenvalue weighted by molar-refractivity contribution is 0.0697. The Labute approximate surface area is 169 Å². The number of sulfonamides is 1. The average Bonchev–Trinajstić information content (AvgIpc) is 2.67. The van der Waals surface area contributed by atoms with E-state index in [9.17, 15) is 22.0 Å². The molecule has 0 spiro atoms. The molecule has 1 amide bonds. The molecular formula is C18H17BrF2N2O4S. The van der Waals surface area contributed by atoms with Gasteiger partial charge in [-0.25, -0.2) is 17.2 Å². The molecular weight excluding hydrogens is 458 g/mol. The van der Waals surface area contributed by atoms with Crippen LogP contribution in [0.5, 0.6) is 5.75 Å². The van der Waals surface area contributed by atoms with E-state index in [0.717, 1.165) is 16.4 Å². The Bertz CT molecular complexity index is 1010. The Hall–Kier alpha value is -2.04. The molecule has 2 aromatic rings. The second-order valence-electron chi connectivity index (χ2n) is 6.12. The summed E-state index contributed by atoms with van der Waals surface area (Å²) in [5.41, 5.74) is 0.438. The minimum Gasteiger partial charge on any atom is -0.496 e. The molecule has 0 saturated carbocycles. The molecule has 0 bridgehead atoms. The minimum absolute atomic E-state index is 0.0161. The third-order valence-electron chi connectivity index (χ3n) is 4.44. The molecule has 2 aromatic carbocycles. The SMILES string of the molecule is COc1ccc(C(=O)N2CCN(S(=O)(=O)c3ccc(F)cc3F)CC2)cc1Br. The summed E-state index contributed by atoms with van der Waals surface area (Å²) in [6, 6.07) is 7.27. The van der Waals surface area contributed by atoms with Crippen LogP contribution in [0, 0.1) is 11.6 Å². The molecule has 10 heteroatoms. The zero-order chi connectivity index (χ0) is 20.5. The van der Waals surface area contributed by atoms with Crippen LogP contribution >= 0.6 is 15.9 Å². The van der Waals surface area contributed by atoms with Crippen LogP contribution in [0.15, 0.2) is 45.8 Å². The average molecular weight is 475 g/mol. The number of halogens is 3. The Kier molecular flexibility index (Phi) is 6.01. The van der Waals surface area contributed by atoms with Gasteiger partial charge in [-0.1, -0.05) is 0 Å². The largest absolute Gasteiger partial charge is 0.496 e. The van der Waals surface area contributed by atoms with Crippen LogP contribution in [-0.4, -0.2) is 56.8 Å². The standard InChI is InChI=1S/C18H17BrF2N2O4S/c1-27-16-4-2-12(10-14(16)19)18(24)22-6-8-23(9-7-22)28(25,26)17-5-3-13(20)11-15(17)21/h2-5,10-11H,6-9H2,1H3. The van der Waals surface area contributed by atoms with E-state index < -0.39 is 26.6 Å². The zero-order valence-corrected chi connectivity index (χ0v) is 17.3.